The Morgan fingerprint density at radius 2 is 2.08 bits per heavy atom. The number of hydrogen-bond donors (Lipinski definition) is 0. The van der Waals surface area contributed by atoms with Crippen LogP contribution in [0, 0.1) is 0 Å². The van der Waals surface area contributed by atoms with Crippen LogP contribution in [0.25, 0.3) is 0 Å². The number of allylic oxidation sites excluding steroid dienone is 1. The summed E-state index contributed by atoms with van der Waals surface area (Å²) in [5, 5.41) is 0. The van der Waals surface area contributed by atoms with E-state index in [-0.39, 0.29) is 0 Å². The zero-order chi connectivity index (χ0) is 8.97. The summed E-state index contributed by atoms with van der Waals surface area (Å²) in [5.41, 5.74) is 1.03. The number of ether oxygens (including phenoxy) is 1. The van der Waals surface area contributed by atoms with E-state index in [1.54, 1.807) is 7.11 Å². The number of rotatable bonds is 3. The molecule has 0 N–H and O–H groups in total. The van der Waals surface area contributed by atoms with Gasteiger partial charge in [0.25, 0.3) is 0 Å². The van der Waals surface area contributed by atoms with Crippen LogP contribution in [-0.2, 0) is 4.74 Å². The van der Waals surface area contributed by atoms with E-state index in [4.69, 9.17) is 4.74 Å². The molecule has 0 aromatic rings. The average Bonchev–Trinajstić information content (AvgIpc) is 2.17. The molecule has 12 heavy (non-hydrogen) atoms. The van der Waals surface area contributed by atoms with Gasteiger partial charge in [-0.05, 0) is 18.9 Å². The van der Waals surface area contributed by atoms with Crippen LogP contribution in [0.5, 0.6) is 0 Å². The molecule has 0 unspecified atom stereocenters. The first-order valence-corrected chi connectivity index (χ1v) is 4.37. The molecule has 0 saturated carbocycles. The molecule has 0 aromatic carbocycles. The van der Waals surface area contributed by atoms with Gasteiger partial charge in [0.05, 0.1) is 6.10 Å². The lowest BCUT2D eigenvalue weighted by Gasteiger charge is -2.32. The first-order chi connectivity index (χ1) is 5.77. The lowest BCUT2D eigenvalue weighted by Crippen LogP contribution is -2.35. The first kappa shape index (κ1) is 9.33. The third kappa shape index (κ3) is 2.11. The summed E-state index contributed by atoms with van der Waals surface area (Å²) in [4.78, 5) is 2.25. The van der Waals surface area contributed by atoms with Gasteiger partial charge in [-0.25, -0.2) is 0 Å². The molecule has 0 radical (unpaired) electrons. The van der Waals surface area contributed by atoms with Crippen molar-refractivity contribution in [3.8, 4) is 0 Å². The van der Waals surface area contributed by atoms with Crippen LogP contribution in [0.2, 0.25) is 0 Å². The summed E-state index contributed by atoms with van der Waals surface area (Å²) >= 11 is 0. The Hall–Kier alpha value is -0.760. The molecule has 1 aliphatic heterocycles. The van der Waals surface area contributed by atoms with Gasteiger partial charge in [0, 0.05) is 25.9 Å². The van der Waals surface area contributed by atoms with Crippen LogP contribution in [0.3, 0.4) is 0 Å². The average molecular weight is 167 g/mol. The molecule has 1 rings (SSSR count). The Morgan fingerprint density at radius 3 is 2.50 bits per heavy atom. The number of hydrogen-bond acceptors (Lipinski definition) is 2. The molecule has 2 heteroatoms. The predicted octanol–water partition coefficient (Wildman–Crippen LogP) is 1.80. The molecular formula is C10H17NO. The van der Waals surface area contributed by atoms with Crippen LogP contribution in [-0.4, -0.2) is 31.2 Å². The molecule has 1 heterocycles. The van der Waals surface area contributed by atoms with Gasteiger partial charge in [-0.1, -0.05) is 13.2 Å². The lowest BCUT2D eigenvalue weighted by molar-refractivity contribution is 0.0514. The zero-order valence-corrected chi connectivity index (χ0v) is 7.75. The van der Waals surface area contributed by atoms with E-state index in [2.05, 4.69) is 18.1 Å². The van der Waals surface area contributed by atoms with Gasteiger partial charge < -0.3 is 9.64 Å². The summed E-state index contributed by atoms with van der Waals surface area (Å²) < 4.78 is 5.27. The van der Waals surface area contributed by atoms with Crippen molar-refractivity contribution in [1.82, 2.24) is 4.90 Å². The van der Waals surface area contributed by atoms with E-state index >= 15 is 0 Å². The molecule has 0 bridgehead atoms. The van der Waals surface area contributed by atoms with E-state index < -0.39 is 0 Å². The Balaban J connectivity index is 2.35. The topological polar surface area (TPSA) is 12.5 Å². The van der Waals surface area contributed by atoms with E-state index in [0.717, 1.165) is 31.6 Å². The van der Waals surface area contributed by atoms with Crippen molar-refractivity contribution in [2.75, 3.05) is 20.2 Å². The smallest absolute Gasteiger partial charge is 0.0605 e. The molecule has 0 aromatic heterocycles. The molecule has 0 amide bonds. The molecule has 0 spiro atoms. The summed E-state index contributed by atoms with van der Waals surface area (Å²) in [5.74, 6) is 0. The van der Waals surface area contributed by atoms with Crippen molar-refractivity contribution in [2.24, 2.45) is 0 Å². The van der Waals surface area contributed by atoms with Gasteiger partial charge in [-0.2, -0.15) is 0 Å². The monoisotopic (exact) mass is 167 g/mol. The number of nitrogens with zero attached hydrogens (tertiary/aromatic N) is 1. The first-order valence-electron chi connectivity index (χ1n) is 4.37. The third-order valence-corrected chi connectivity index (χ3v) is 2.42. The molecule has 68 valence electrons. The normalized spacial score (nSPS) is 19.2. The fourth-order valence-electron chi connectivity index (χ4n) is 1.51. The predicted molar refractivity (Wildman–Crippen MR) is 50.9 cm³/mol. The van der Waals surface area contributed by atoms with Crippen molar-refractivity contribution >= 4 is 0 Å². The van der Waals surface area contributed by atoms with Crippen molar-refractivity contribution in [3.63, 3.8) is 0 Å². The molecular weight excluding hydrogens is 150 g/mol. The summed E-state index contributed by atoms with van der Waals surface area (Å²) in [7, 11) is 1.78. The second-order valence-electron chi connectivity index (χ2n) is 3.12. The minimum absolute atomic E-state index is 0.443. The standard InChI is InChI=1S/C10H17NO/c1-4-9(2)11-7-5-10(12-3)6-8-11/h4,10H,1-2,5-8H2,3H3. The fraction of sp³-hybridized carbons (Fsp3) is 0.600. The molecule has 1 saturated heterocycles. The summed E-state index contributed by atoms with van der Waals surface area (Å²) in [6.07, 6.45) is 4.46. The van der Waals surface area contributed by atoms with Gasteiger partial charge in [-0.3, -0.25) is 0 Å². The van der Waals surface area contributed by atoms with Crippen molar-refractivity contribution in [2.45, 2.75) is 18.9 Å². The fourth-order valence-corrected chi connectivity index (χ4v) is 1.51. The minimum atomic E-state index is 0.443. The van der Waals surface area contributed by atoms with Crippen LogP contribution in [0.4, 0.5) is 0 Å². The zero-order valence-electron chi connectivity index (χ0n) is 7.75. The maximum atomic E-state index is 5.27. The van der Waals surface area contributed by atoms with E-state index in [1.165, 1.54) is 0 Å². The highest BCUT2D eigenvalue weighted by molar-refractivity contribution is 5.10. The van der Waals surface area contributed by atoms with Crippen LogP contribution >= 0.6 is 0 Å². The molecule has 1 fully saturated rings. The highest BCUT2D eigenvalue weighted by Gasteiger charge is 2.17. The van der Waals surface area contributed by atoms with Gasteiger partial charge >= 0.3 is 0 Å². The van der Waals surface area contributed by atoms with Crippen LogP contribution < -0.4 is 0 Å². The van der Waals surface area contributed by atoms with Gasteiger partial charge in [0.2, 0.25) is 0 Å². The van der Waals surface area contributed by atoms with Gasteiger partial charge in [0.1, 0.15) is 0 Å². The molecule has 1 aliphatic rings. The number of piperidine rings is 1. The largest absolute Gasteiger partial charge is 0.381 e. The number of methoxy groups -OCH3 is 1. The lowest BCUT2D eigenvalue weighted by atomic mass is 10.1. The van der Waals surface area contributed by atoms with E-state index in [1.807, 2.05) is 6.08 Å². The Bertz CT molecular complexity index is 169. The third-order valence-electron chi connectivity index (χ3n) is 2.42. The SMILES string of the molecule is C=CC(=C)N1CCC(OC)CC1. The maximum absolute atomic E-state index is 5.27. The Labute approximate surface area is 74.5 Å². The van der Waals surface area contributed by atoms with Crippen LogP contribution in [0.15, 0.2) is 24.9 Å². The highest BCUT2D eigenvalue weighted by atomic mass is 16.5. The van der Waals surface area contributed by atoms with Crippen molar-refractivity contribution in [3.05, 3.63) is 24.9 Å². The second-order valence-corrected chi connectivity index (χ2v) is 3.12. The second kappa shape index (κ2) is 4.31. The van der Waals surface area contributed by atoms with Gasteiger partial charge in [-0.15, -0.1) is 0 Å². The Morgan fingerprint density at radius 1 is 1.50 bits per heavy atom. The van der Waals surface area contributed by atoms with Gasteiger partial charge in [0.15, 0.2) is 0 Å². The molecule has 0 atom stereocenters. The van der Waals surface area contributed by atoms with Crippen molar-refractivity contribution < 1.29 is 4.74 Å². The van der Waals surface area contributed by atoms with Crippen LogP contribution in [0.1, 0.15) is 12.8 Å². The number of likely N-dealkylation sites (tertiary alicyclic amines) is 1. The summed E-state index contributed by atoms with van der Waals surface area (Å²) in [6, 6.07) is 0. The minimum Gasteiger partial charge on any atom is -0.381 e. The molecule has 0 aliphatic carbocycles. The summed E-state index contributed by atoms with van der Waals surface area (Å²) in [6.45, 7) is 9.71. The van der Waals surface area contributed by atoms with E-state index in [9.17, 15) is 0 Å². The van der Waals surface area contributed by atoms with E-state index in [0.29, 0.717) is 6.10 Å². The maximum Gasteiger partial charge on any atom is 0.0605 e. The molecule has 2 nitrogen and oxygen atoms in total. The Kier molecular flexibility index (Phi) is 3.35. The highest BCUT2D eigenvalue weighted by Crippen LogP contribution is 2.16. The quantitative estimate of drug-likeness (QED) is 0.594. The van der Waals surface area contributed by atoms with Crippen molar-refractivity contribution in [1.29, 1.82) is 0 Å².